The molecule has 0 saturated heterocycles. The maximum absolute atomic E-state index is 9.98. The quantitative estimate of drug-likeness (QED) is 0.328. The van der Waals surface area contributed by atoms with E-state index in [0.717, 1.165) is 12.2 Å². The first-order valence-corrected chi connectivity index (χ1v) is 3.97. The molecule has 0 atom stereocenters. The summed E-state index contributed by atoms with van der Waals surface area (Å²) >= 11 is 0. The summed E-state index contributed by atoms with van der Waals surface area (Å²) < 4.78 is 0. The van der Waals surface area contributed by atoms with Crippen LogP contribution in [0.1, 0.15) is 27.7 Å². The standard InChI is InChI=1S/2C5H8O2.Mo.2H2O/c2*1-4(6)3-5(2)7;;;/h2*3,6H,1-2H3;;2*1H2/q;;+2;;/p-2. The zero-order valence-electron chi connectivity index (χ0n) is 10.2. The van der Waals surface area contributed by atoms with Gasteiger partial charge in [-0.15, -0.1) is 11.5 Å². The molecule has 100 valence electrons. The van der Waals surface area contributed by atoms with E-state index in [1.54, 1.807) is 0 Å². The van der Waals surface area contributed by atoms with Crippen LogP contribution in [0, 0.1) is 0 Å². The Kier molecular flexibility index (Phi) is 30.5. The topological polar surface area (TPSA) is 143 Å². The Morgan fingerprint density at radius 1 is 0.765 bits per heavy atom. The molecule has 0 bridgehead atoms. The van der Waals surface area contributed by atoms with Crippen LogP contribution < -0.4 is 10.2 Å². The van der Waals surface area contributed by atoms with Crippen LogP contribution in [0.2, 0.25) is 0 Å². The van der Waals surface area contributed by atoms with E-state index < -0.39 is 0 Å². The van der Waals surface area contributed by atoms with Gasteiger partial charge in [0.15, 0.2) is 11.6 Å². The van der Waals surface area contributed by atoms with Gasteiger partial charge in [0.1, 0.15) is 0 Å². The number of carbonyl (C=O) groups is 2. The number of hydrogen-bond acceptors (Lipinski definition) is 4. The summed E-state index contributed by atoms with van der Waals surface area (Å²) in [5.41, 5.74) is 0. The Balaban J connectivity index is -0.0000000480. The molecule has 0 aromatic heterocycles. The maximum atomic E-state index is 9.98. The summed E-state index contributed by atoms with van der Waals surface area (Å²) in [6.45, 7) is 5.39. The van der Waals surface area contributed by atoms with Gasteiger partial charge in [0, 0.05) is 0 Å². The van der Waals surface area contributed by atoms with Crippen molar-refractivity contribution in [3.05, 3.63) is 23.7 Å². The first-order valence-electron chi connectivity index (χ1n) is 3.97. The Labute approximate surface area is 115 Å². The molecule has 0 radical (unpaired) electrons. The summed E-state index contributed by atoms with van der Waals surface area (Å²) in [5.74, 6) is -0.750. The number of rotatable bonds is 2. The first-order chi connectivity index (χ1) is 6.25. The Hall–Kier alpha value is -0.972. The molecule has 0 aliphatic heterocycles. The van der Waals surface area contributed by atoms with Gasteiger partial charge in [-0.25, -0.2) is 0 Å². The van der Waals surface area contributed by atoms with Crippen molar-refractivity contribution in [2.75, 3.05) is 0 Å². The normalized spacial score (nSPS) is 9.41. The second kappa shape index (κ2) is 17.4. The minimum atomic E-state index is -0.187. The van der Waals surface area contributed by atoms with Crippen LogP contribution >= 0.6 is 0 Å². The van der Waals surface area contributed by atoms with E-state index in [4.69, 9.17) is 0 Å². The monoisotopic (exact) mass is 332 g/mol. The van der Waals surface area contributed by atoms with E-state index in [9.17, 15) is 19.8 Å². The maximum Gasteiger partial charge on any atom is 2.00 e. The van der Waals surface area contributed by atoms with Crippen molar-refractivity contribution in [1.29, 1.82) is 0 Å². The van der Waals surface area contributed by atoms with Crippen LogP contribution in [0.5, 0.6) is 0 Å². The smallest absolute Gasteiger partial charge is 0.876 e. The second-order valence-electron chi connectivity index (χ2n) is 2.73. The fourth-order valence-electron chi connectivity index (χ4n) is 0.572. The van der Waals surface area contributed by atoms with E-state index in [-0.39, 0.29) is 55.1 Å². The van der Waals surface area contributed by atoms with Crippen molar-refractivity contribution < 1.29 is 51.8 Å². The average molecular weight is 330 g/mol. The van der Waals surface area contributed by atoms with Gasteiger partial charge in [-0.2, -0.15) is 0 Å². The summed E-state index contributed by atoms with van der Waals surface area (Å²) in [6, 6.07) is 0. The fourth-order valence-corrected chi connectivity index (χ4v) is 0.572. The van der Waals surface area contributed by atoms with E-state index in [2.05, 4.69) is 0 Å². The third-order valence-corrected chi connectivity index (χ3v) is 0.813. The molecule has 0 spiro atoms. The molecule has 0 aliphatic rings. The average Bonchev–Trinajstić information content (AvgIpc) is 1.79. The molecule has 7 heteroatoms. The van der Waals surface area contributed by atoms with Crippen molar-refractivity contribution in [3.8, 4) is 0 Å². The number of carbonyl (C=O) groups excluding carboxylic acids is 2. The van der Waals surface area contributed by atoms with Gasteiger partial charge >= 0.3 is 21.1 Å². The van der Waals surface area contributed by atoms with E-state index in [0.29, 0.717) is 0 Å². The van der Waals surface area contributed by atoms with Gasteiger partial charge in [-0.3, -0.25) is 9.59 Å². The zero-order chi connectivity index (χ0) is 11.7. The van der Waals surface area contributed by atoms with Gasteiger partial charge in [0.05, 0.1) is 0 Å². The minimum absolute atomic E-state index is 0. The largest absolute Gasteiger partial charge is 2.00 e. The third-order valence-electron chi connectivity index (χ3n) is 0.813. The van der Waals surface area contributed by atoms with Crippen LogP contribution in [0.15, 0.2) is 23.7 Å². The van der Waals surface area contributed by atoms with Gasteiger partial charge in [-0.1, -0.05) is 13.8 Å². The minimum Gasteiger partial charge on any atom is -0.876 e. The van der Waals surface area contributed by atoms with Crippen molar-refractivity contribution in [3.63, 3.8) is 0 Å². The molecule has 0 saturated carbocycles. The zero-order valence-corrected chi connectivity index (χ0v) is 12.2. The summed E-state index contributed by atoms with van der Waals surface area (Å²) in [7, 11) is 0. The molecule has 0 aliphatic carbocycles. The number of hydrogen-bond donors (Lipinski definition) is 0. The summed E-state index contributed by atoms with van der Waals surface area (Å²) in [5, 5.41) is 20.0. The molecule has 0 fully saturated rings. The van der Waals surface area contributed by atoms with Gasteiger partial charge < -0.3 is 21.2 Å². The molecular formula is C10H18MoO6. The Bertz CT molecular complexity index is 234. The van der Waals surface area contributed by atoms with Crippen LogP contribution in [0.25, 0.3) is 0 Å². The summed E-state index contributed by atoms with van der Waals surface area (Å²) in [4.78, 5) is 20.0. The SMILES string of the molecule is CC(=O)C=C(C)[O-].CC(=O)C=C(C)[O-].O.O.[Mo+2]. The van der Waals surface area contributed by atoms with Crippen molar-refractivity contribution in [1.82, 2.24) is 0 Å². The van der Waals surface area contributed by atoms with Crippen LogP contribution in [0.3, 0.4) is 0 Å². The molecule has 0 heterocycles. The molecule has 0 rings (SSSR count). The van der Waals surface area contributed by atoms with Crippen molar-refractivity contribution in [2.45, 2.75) is 27.7 Å². The van der Waals surface area contributed by atoms with E-state index in [1.165, 1.54) is 27.7 Å². The van der Waals surface area contributed by atoms with E-state index in [1.807, 2.05) is 0 Å². The first kappa shape index (κ1) is 29.8. The van der Waals surface area contributed by atoms with Crippen LogP contribution in [-0.2, 0) is 30.7 Å². The molecule has 0 unspecified atom stereocenters. The summed E-state index contributed by atoms with van der Waals surface area (Å²) in [6.07, 6.45) is 2.11. The third kappa shape index (κ3) is 51.6. The van der Waals surface area contributed by atoms with Crippen molar-refractivity contribution in [2.24, 2.45) is 0 Å². The molecule has 0 aromatic rings. The predicted octanol–water partition coefficient (Wildman–Crippen LogP) is -1.97. The number of ketones is 2. The van der Waals surface area contributed by atoms with Crippen molar-refractivity contribution >= 4 is 11.6 Å². The van der Waals surface area contributed by atoms with Gasteiger partial charge in [0.2, 0.25) is 0 Å². The molecule has 4 N–H and O–H groups in total. The molecule has 0 aromatic carbocycles. The van der Waals surface area contributed by atoms with Crippen LogP contribution in [-0.4, -0.2) is 22.5 Å². The second-order valence-corrected chi connectivity index (χ2v) is 2.73. The predicted molar refractivity (Wildman–Crippen MR) is 56.1 cm³/mol. The molecule has 0 amide bonds. The fraction of sp³-hybridized carbons (Fsp3) is 0.400. The molecule has 6 nitrogen and oxygen atoms in total. The molecular weight excluding hydrogens is 312 g/mol. The molecule has 17 heavy (non-hydrogen) atoms. The number of allylic oxidation sites excluding steroid dienone is 4. The van der Waals surface area contributed by atoms with Gasteiger partial charge in [-0.05, 0) is 26.0 Å². The van der Waals surface area contributed by atoms with E-state index >= 15 is 0 Å². The Morgan fingerprint density at radius 2 is 0.941 bits per heavy atom. The van der Waals surface area contributed by atoms with Gasteiger partial charge in [0.25, 0.3) is 0 Å². The Morgan fingerprint density at radius 3 is 0.941 bits per heavy atom. The van der Waals surface area contributed by atoms with Crippen LogP contribution in [0.4, 0.5) is 0 Å².